The van der Waals surface area contributed by atoms with Crippen LogP contribution in [-0.4, -0.2) is 45.2 Å². The summed E-state index contributed by atoms with van der Waals surface area (Å²) in [6, 6.07) is 37.1. The van der Waals surface area contributed by atoms with E-state index in [0.29, 0.717) is 49.0 Å². The highest BCUT2D eigenvalue weighted by atomic mass is 19.4. The highest BCUT2D eigenvalue weighted by Gasteiger charge is 2.58. The Balaban J connectivity index is 1.21. The number of fused-ring (bicyclic) bond motifs is 10. The van der Waals surface area contributed by atoms with Crippen LogP contribution >= 0.6 is 0 Å². The minimum atomic E-state index is -4.64. The Morgan fingerprint density at radius 2 is 1.56 bits per heavy atom. The third-order valence-electron chi connectivity index (χ3n) is 13.2. The molecular weight excluding hydrogens is 776 g/mol. The van der Waals surface area contributed by atoms with E-state index in [4.69, 9.17) is 4.74 Å². The van der Waals surface area contributed by atoms with Crippen molar-refractivity contribution in [1.82, 2.24) is 4.90 Å². The number of halogens is 3. The van der Waals surface area contributed by atoms with Crippen LogP contribution in [0.2, 0.25) is 0 Å². The molecule has 61 heavy (non-hydrogen) atoms. The zero-order chi connectivity index (χ0) is 42.9. The van der Waals surface area contributed by atoms with E-state index in [0.717, 1.165) is 44.8 Å². The van der Waals surface area contributed by atoms with Gasteiger partial charge in [-0.2, -0.15) is 13.2 Å². The molecule has 4 atom stereocenters. The first-order chi connectivity index (χ1) is 29.2. The lowest BCUT2D eigenvalue weighted by atomic mass is 9.64. The number of ketones is 1. The van der Waals surface area contributed by atoms with E-state index in [2.05, 4.69) is 6.08 Å². The van der Waals surface area contributed by atoms with Crippen molar-refractivity contribution < 1.29 is 37.7 Å². The van der Waals surface area contributed by atoms with E-state index in [1.165, 1.54) is 12.1 Å². The average molecular weight is 826 g/mol. The second-order valence-corrected chi connectivity index (χ2v) is 17.2. The summed E-state index contributed by atoms with van der Waals surface area (Å²) in [5.74, 6) is -0.612. The molecule has 1 saturated carbocycles. The van der Waals surface area contributed by atoms with E-state index < -0.39 is 46.7 Å². The topological polar surface area (TPSA) is 87.1 Å². The summed E-state index contributed by atoms with van der Waals surface area (Å²) >= 11 is 0. The van der Waals surface area contributed by atoms with Crippen LogP contribution in [0.1, 0.15) is 96.5 Å². The van der Waals surface area contributed by atoms with Gasteiger partial charge in [-0.05, 0) is 126 Å². The molecule has 4 unspecified atom stereocenters. The van der Waals surface area contributed by atoms with Gasteiger partial charge >= 0.3 is 12.3 Å². The van der Waals surface area contributed by atoms with Crippen molar-refractivity contribution in [3.63, 3.8) is 0 Å². The number of benzene rings is 6. The number of aliphatic hydroxyl groups excluding tert-OH is 1. The van der Waals surface area contributed by atoms with Crippen molar-refractivity contribution in [2.45, 2.75) is 89.1 Å². The molecule has 2 bridgehead atoms. The number of allylic oxidation sites excluding steroid dienone is 2. The molecule has 0 spiro atoms. The molecule has 0 aromatic heterocycles. The number of carbonyl (C=O) groups excluding carboxylic acids is 2. The van der Waals surface area contributed by atoms with Gasteiger partial charge in [0.05, 0.1) is 23.8 Å². The van der Waals surface area contributed by atoms with Gasteiger partial charge in [-0.1, -0.05) is 116 Å². The van der Waals surface area contributed by atoms with Gasteiger partial charge in [0.25, 0.3) is 0 Å². The lowest BCUT2D eigenvalue weighted by Gasteiger charge is -2.46. The quantitative estimate of drug-likeness (QED) is 0.124. The number of hydrogen-bond donors (Lipinski definition) is 2. The first kappa shape index (κ1) is 41.9. The number of aliphatic hydroxyl groups is 2. The Kier molecular flexibility index (Phi) is 11.7. The minimum Gasteiger partial charge on any atom is -0.410 e. The molecule has 0 heterocycles. The van der Waals surface area contributed by atoms with Crippen molar-refractivity contribution in [3.05, 3.63) is 172 Å². The summed E-state index contributed by atoms with van der Waals surface area (Å²) in [6.07, 6.45) is -0.605. The van der Waals surface area contributed by atoms with Crippen molar-refractivity contribution in [1.29, 1.82) is 0 Å². The molecule has 3 aliphatic carbocycles. The zero-order valence-corrected chi connectivity index (χ0v) is 34.4. The summed E-state index contributed by atoms with van der Waals surface area (Å²) in [4.78, 5) is 30.7. The van der Waals surface area contributed by atoms with Crippen LogP contribution in [0, 0.1) is 5.41 Å². The van der Waals surface area contributed by atoms with Crippen LogP contribution < -0.4 is 4.74 Å². The zero-order valence-electron chi connectivity index (χ0n) is 34.4. The van der Waals surface area contributed by atoms with Crippen LogP contribution in [0.4, 0.5) is 18.0 Å². The molecule has 314 valence electrons. The normalized spacial score (nSPS) is 22.0. The van der Waals surface area contributed by atoms with E-state index >= 15 is 0 Å². The van der Waals surface area contributed by atoms with Crippen LogP contribution in [0.15, 0.2) is 139 Å². The largest absolute Gasteiger partial charge is 0.416 e. The smallest absolute Gasteiger partial charge is 0.410 e. The van der Waals surface area contributed by atoms with Crippen LogP contribution in [-0.2, 0) is 19.1 Å². The first-order valence-corrected chi connectivity index (χ1v) is 21.0. The molecule has 0 saturated heterocycles. The molecule has 0 aliphatic heterocycles. The van der Waals surface area contributed by atoms with Gasteiger partial charge in [-0.25, -0.2) is 4.79 Å². The van der Waals surface area contributed by atoms with Crippen molar-refractivity contribution in [3.8, 4) is 5.75 Å². The third-order valence-corrected chi connectivity index (χ3v) is 13.2. The monoisotopic (exact) mass is 825 g/mol. The summed E-state index contributed by atoms with van der Waals surface area (Å²) in [5.41, 5.74) is 0.119. The Hall–Kier alpha value is -5.77. The van der Waals surface area contributed by atoms with E-state index in [-0.39, 0.29) is 37.1 Å². The molecule has 3 aliphatic rings. The van der Waals surface area contributed by atoms with Gasteiger partial charge in [0.2, 0.25) is 0 Å². The number of rotatable bonds is 7. The Bertz CT molecular complexity index is 2630. The van der Waals surface area contributed by atoms with Crippen molar-refractivity contribution >= 4 is 33.4 Å². The number of nitrogens with zero attached hydrogens (tertiary/aromatic N) is 1. The molecular formula is C52H50F3NO5. The van der Waals surface area contributed by atoms with E-state index in [1.54, 1.807) is 17.0 Å². The fourth-order valence-electron chi connectivity index (χ4n) is 9.72. The second kappa shape index (κ2) is 16.9. The highest BCUT2D eigenvalue weighted by Crippen LogP contribution is 2.59. The number of amides is 1. The summed E-state index contributed by atoms with van der Waals surface area (Å²) in [6.45, 7) is 4.11. The molecule has 0 radical (unpaired) electrons. The van der Waals surface area contributed by atoms with E-state index in [9.17, 15) is 33.0 Å². The Morgan fingerprint density at radius 1 is 0.820 bits per heavy atom. The van der Waals surface area contributed by atoms with Crippen LogP contribution in [0.3, 0.4) is 0 Å². The van der Waals surface area contributed by atoms with Gasteiger partial charge in [0, 0.05) is 23.1 Å². The number of carbonyl (C=O) groups is 2. The van der Waals surface area contributed by atoms with Crippen LogP contribution in [0.5, 0.6) is 5.75 Å². The third kappa shape index (κ3) is 8.72. The fraction of sp³-hybridized carbons (Fsp3) is 0.308. The maximum Gasteiger partial charge on any atom is 0.416 e. The maximum atomic E-state index is 14.6. The molecule has 2 N–H and O–H groups in total. The van der Waals surface area contributed by atoms with Crippen molar-refractivity contribution in [2.75, 3.05) is 6.54 Å². The molecule has 6 aromatic carbocycles. The lowest BCUT2D eigenvalue weighted by Crippen LogP contribution is -2.54. The standard InChI is InChI=1S/C52H50F3NO5/c1-34-10-9-26-50(2)47(45-24-20-35(28-42(57)22-19-34)29-46(45)48(58)39-15-8-17-41(30-39)52(53,54)55)25-27-51(50,60)33-56(32-40-16-7-14-37-12-5-6-18-44(37)40)49(59)61-43-23-21-36-11-3-4-13-38(36)31-43/h3-8,10-18,20-21,23-24,29-31,42,47,57,60H,9,19,22,25-28,32-33H2,1-2H3. The Morgan fingerprint density at radius 3 is 2.36 bits per heavy atom. The highest BCUT2D eigenvalue weighted by molar-refractivity contribution is 6.10. The first-order valence-electron chi connectivity index (χ1n) is 21.0. The van der Waals surface area contributed by atoms with Crippen molar-refractivity contribution in [2.24, 2.45) is 5.41 Å². The summed E-state index contributed by atoms with van der Waals surface area (Å²) in [5, 5.41) is 28.2. The fourth-order valence-corrected chi connectivity index (χ4v) is 9.72. The van der Waals surface area contributed by atoms with E-state index in [1.807, 2.05) is 105 Å². The van der Waals surface area contributed by atoms with Gasteiger partial charge in [0.1, 0.15) is 5.75 Å². The molecule has 9 rings (SSSR count). The van der Waals surface area contributed by atoms with Crippen LogP contribution in [0.25, 0.3) is 21.5 Å². The summed E-state index contributed by atoms with van der Waals surface area (Å²) < 4.78 is 47.8. The maximum absolute atomic E-state index is 14.6. The Labute approximate surface area is 354 Å². The van der Waals surface area contributed by atoms with Gasteiger partial charge in [-0.15, -0.1) is 0 Å². The SMILES string of the molecule is CC1=CCCC2(C)C(CCC2(O)CN(Cc2cccc3ccccc23)C(=O)Oc2ccc3ccccc3c2)c2ccc(cc2C(=O)c2cccc(C(F)(F)F)c2)CC(O)CC1. The molecule has 1 fully saturated rings. The van der Waals surface area contributed by atoms with Gasteiger partial charge in [-0.3, -0.25) is 4.79 Å². The molecule has 6 nitrogen and oxygen atoms in total. The minimum absolute atomic E-state index is 0.0838. The average Bonchev–Trinajstić information content (AvgIpc) is 3.50. The number of hydrogen-bond acceptors (Lipinski definition) is 5. The second-order valence-electron chi connectivity index (χ2n) is 17.2. The van der Waals surface area contributed by atoms with Gasteiger partial charge in [0.15, 0.2) is 5.78 Å². The number of alkyl halides is 3. The predicted molar refractivity (Wildman–Crippen MR) is 233 cm³/mol. The number of ether oxygens (including phenoxy) is 1. The molecule has 1 amide bonds. The molecule has 6 aromatic rings. The predicted octanol–water partition coefficient (Wildman–Crippen LogP) is 12.0. The van der Waals surface area contributed by atoms with Gasteiger partial charge < -0.3 is 19.8 Å². The molecule has 9 heteroatoms. The lowest BCUT2D eigenvalue weighted by molar-refractivity contribution is -0.137. The summed E-state index contributed by atoms with van der Waals surface area (Å²) in [7, 11) is 0.